The van der Waals surface area contributed by atoms with E-state index in [0.29, 0.717) is 17.0 Å². The van der Waals surface area contributed by atoms with Gasteiger partial charge in [0, 0.05) is 24.0 Å². The summed E-state index contributed by atoms with van der Waals surface area (Å²) in [6.07, 6.45) is 2.30. The van der Waals surface area contributed by atoms with Crippen molar-refractivity contribution in [2.45, 2.75) is 0 Å². The Labute approximate surface area is 142 Å². The number of hydrogen-bond donors (Lipinski definition) is 1. The van der Waals surface area contributed by atoms with Crippen LogP contribution in [0.2, 0.25) is 0 Å². The summed E-state index contributed by atoms with van der Waals surface area (Å²) in [4.78, 5) is 30.7. The number of amides is 1. The number of nitrogens with zero attached hydrogens (tertiary/aromatic N) is 3. The summed E-state index contributed by atoms with van der Waals surface area (Å²) in [5, 5.41) is 13.5. The van der Waals surface area contributed by atoms with Crippen molar-refractivity contribution in [3.05, 3.63) is 77.1 Å². The van der Waals surface area contributed by atoms with Crippen molar-refractivity contribution in [1.29, 1.82) is 0 Å². The predicted octanol–water partition coefficient (Wildman–Crippen LogP) is 3.66. The molecule has 0 unspecified atom stereocenters. The highest BCUT2D eigenvalue weighted by Gasteiger charge is 2.19. The average Bonchev–Trinajstić information content (AvgIpc) is 2.63. The Kier molecular flexibility index (Phi) is 4.61. The lowest BCUT2D eigenvalue weighted by Crippen LogP contribution is -2.18. The van der Waals surface area contributed by atoms with Gasteiger partial charge in [-0.2, -0.15) is 0 Å². The maximum Gasteiger partial charge on any atom is 0.418 e. The fraction of sp³-hybridized carbons (Fsp3) is 0. The molecule has 1 aromatic carbocycles. The van der Waals surface area contributed by atoms with E-state index in [1.54, 1.807) is 54.9 Å². The third-order valence-corrected chi connectivity index (χ3v) is 3.20. The number of carbonyl (C=O) groups excluding carboxylic acids is 1. The zero-order valence-electron chi connectivity index (χ0n) is 12.8. The lowest BCUT2D eigenvalue weighted by atomic mass is 10.2. The van der Waals surface area contributed by atoms with E-state index in [-0.39, 0.29) is 11.5 Å². The third-order valence-electron chi connectivity index (χ3n) is 3.20. The van der Waals surface area contributed by atoms with Gasteiger partial charge in [0.1, 0.15) is 5.75 Å². The van der Waals surface area contributed by atoms with Crippen molar-refractivity contribution in [2.24, 2.45) is 0 Å². The van der Waals surface area contributed by atoms with Crippen LogP contribution in [0, 0.1) is 10.1 Å². The van der Waals surface area contributed by atoms with E-state index < -0.39 is 11.0 Å². The maximum atomic E-state index is 12.0. The molecule has 3 rings (SSSR count). The van der Waals surface area contributed by atoms with Gasteiger partial charge in [-0.25, -0.2) is 9.78 Å². The number of nitro groups is 1. The zero-order chi connectivity index (χ0) is 17.6. The monoisotopic (exact) mass is 336 g/mol. The first-order valence-electron chi connectivity index (χ1n) is 7.23. The van der Waals surface area contributed by atoms with Gasteiger partial charge in [-0.05, 0) is 30.3 Å². The number of ether oxygens (including phenoxy) is 1. The van der Waals surface area contributed by atoms with Gasteiger partial charge in [-0.1, -0.05) is 18.2 Å². The summed E-state index contributed by atoms with van der Waals surface area (Å²) < 4.78 is 5.07. The Hall–Kier alpha value is -3.81. The minimum Gasteiger partial charge on any atom is -0.410 e. The fourth-order valence-corrected chi connectivity index (χ4v) is 2.08. The molecule has 124 valence electrons. The second-order valence-corrected chi connectivity index (χ2v) is 4.89. The number of carbonyl (C=O) groups is 1. The second-order valence-electron chi connectivity index (χ2n) is 4.89. The van der Waals surface area contributed by atoms with Gasteiger partial charge < -0.3 is 4.74 Å². The summed E-state index contributed by atoms with van der Waals surface area (Å²) in [6, 6.07) is 14.6. The number of para-hydroxylation sites is 1. The van der Waals surface area contributed by atoms with Crippen molar-refractivity contribution < 1.29 is 14.5 Å². The van der Waals surface area contributed by atoms with Gasteiger partial charge in [-0.15, -0.1) is 0 Å². The third kappa shape index (κ3) is 3.94. The standard InChI is InChI=1S/C17H12N4O4/c22-17(25-13-6-2-1-3-7-13)20-16-15(21(23)24)9-8-14(19-16)12-5-4-10-18-11-12/h1-11H,(H,19,20,22). The zero-order valence-corrected chi connectivity index (χ0v) is 12.8. The first kappa shape index (κ1) is 16.1. The van der Waals surface area contributed by atoms with Crippen molar-refractivity contribution in [2.75, 3.05) is 5.32 Å². The Morgan fingerprint density at radius 1 is 1.08 bits per heavy atom. The number of aromatic nitrogens is 2. The summed E-state index contributed by atoms with van der Waals surface area (Å²) in [7, 11) is 0. The Balaban J connectivity index is 1.87. The highest BCUT2D eigenvalue weighted by Crippen LogP contribution is 2.26. The quantitative estimate of drug-likeness (QED) is 0.575. The minimum absolute atomic E-state index is 0.202. The molecule has 3 aromatic rings. The molecule has 0 bridgehead atoms. The molecule has 0 aliphatic rings. The van der Waals surface area contributed by atoms with Crippen LogP contribution in [-0.2, 0) is 0 Å². The average molecular weight is 336 g/mol. The van der Waals surface area contributed by atoms with E-state index in [0.717, 1.165) is 0 Å². The Morgan fingerprint density at radius 2 is 1.88 bits per heavy atom. The summed E-state index contributed by atoms with van der Waals surface area (Å²) in [5.41, 5.74) is 0.767. The van der Waals surface area contributed by atoms with Crippen molar-refractivity contribution >= 4 is 17.6 Å². The van der Waals surface area contributed by atoms with Crippen LogP contribution in [-0.4, -0.2) is 21.0 Å². The first-order chi connectivity index (χ1) is 12.1. The van der Waals surface area contributed by atoms with Crippen LogP contribution in [0.1, 0.15) is 0 Å². The lowest BCUT2D eigenvalue weighted by Gasteiger charge is -2.08. The second kappa shape index (κ2) is 7.18. The number of benzene rings is 1. The summed E-state index contributed by atoms with van der Waals surface area (Å²) in [6.45, 7) is 0. The van der Waals surface area contributed by atoms with E-state index in [4.69, 9.17) is 4.74 Å². The molecule has 0 aliphatic heterocycles. The molecular weight excluding hydrogens is 324 g/mol. The molecule has 1 amide bonds. The molecule has 1 N–H and O–H groups in total. The van der Waals surface area contributed by atoms with Gasteiger partial charge in [0.05, 0.1) is 10.6 Å². The Bertz CT molecular complexity index is 901. The van der Waals surface area contributed by atoms with Crippen LogP contribution in [0.5, 0.6) is 5.75 Å². The number of nitrogens with one attached hydrogen (secondary N) is 1. The van der Waals surface area contributed by atoms with Gasteiger partial charge in [-0.3, -0.25) is 20.4 Å². The van der Waals surface area contributed by atoms with Crippen LogP contribution in [0.3, 0.4) is 0 Å². The molecule has 0 aliphatic carbocycles. The normalized spacial score (nSPS) is 10.1. The number of pyridine rings is 2. The number of hydrogen-bond acceptors (Lipinski definition) is 6. The van der Waals surface area contributed by atoms with Crippen LogP contribution in [0.25, 0.3) is 11.3 Å². The number of anilines is 1. The number of rotatable bonds is 4. The van der Waals surface area contributed by atoms with E-state index in [1.807, 2.05) is 0 Å². The van der Waals surface area contributed by atoms with E-state index in [2.05, 4.69) is 15.3 Å². The van der Waals surface area contributed by atoms with Crippen molar-refractivity contribution in [3.63, 3.8) is 0 Å². The predicted molar refractivity (Wildman–Crippen MR) is 90.2 cm³/mol. The van der Waals surface area contributed by atoms with Crippen LogP contribution >= 0.6 is 0 Å². The van der Waals surface area contributed by atoms with Crippen molar-refractivity contribution in [1.82, 2.24) is 9.97 Å². The minimum atomic E-state index is -0.870. The summed E-state index contributed by atoms with van der Waals surface area (Å²) >= 11 is 0. The van der Waals surface area contributed by atoms with Crippen molar-refractivity contribution in [3.8, 4) is 17.0 Å². The highest BCUT2D eigenvalue weighted by atomic mass is 16.6. The molecule has 8 heteroatoms. The highest BCUT2D eigenvalue weighted by molar-refractivity contribution is 5.88. The molecule has 25 heavy (non-hydrogen) atoms. The van der Waals surface area contributed by atoms with E-state index in [1.165, 1.54) is 12.1 Å². The van der Waals surface area contributed by atoms with Gasteiger partial charge in [0.2, 0.25) is 5.82 Å². The molecule has 2 aromatic heterocycles. The topological polar surface area (TPSA) is 107 Å². The van der Waals surface area contributed by atoms with Gasteiger partial charge in [0.25, 0.3) is 0 Å². The van der Waals surface area contributed by atoms with Crippen LogP contribution in [0.15, 0.2) is 67.0 Å². The molecular formula is C17H12N4O4. The first-order valence-corrected chi connectivity index (χ1v) is 7.23. The Morgan fingerprint density at radius 3 is 2.56 bits per heavy atom. The van der Waals surface area contributed by atoms with E-state index in [9.17, 15) is 14.9 Å². The SMILES string of the molecule is O=C(Nc1nc(-c2cccnc2)ccc1[N+](=O)[O-])Oc1ccccc1. The fourth-order valence-electron chi connectivity index (χ4n) is 2.08. The van der Waals surface area contributed by atoms with Gasteiger partial charge in [0.15, 0.2) is 0 Å². The van der Waals surface area contributed by atoms with E-state index >= 15 is 0 Å². The molecule has 0 saturated carbocycles. The van der Waals surface area contributed by atoms with Crippen LogP contribution in [0.4, 0.5) is 16.3 Å². The van der Waals surface area contributed by atoms with Gasteiger partial charge >= 0.3 is 11.8 Å². The molecule has 0 radical (unpaired) electrons. The smallest absolute Gasteiger partial charge is 0.410 e. The summed E-state index contributed by atoms with van der Waals surface area (Å²) in [5.74, 6) is 0.110. The molecule has 0 spiro atoms. The molecule has 8 nitrogen and oxygen atoms in total. The molecule has 0 saturated heterocycles. The molecule has 0 atom stereocenters. The lowest BCUT2D eigenvalue weighted by molar-refractivity contribution is -0.384. The largest absolute Gasteiger partial charge is 0.418 e. The molecule has 2 heterocycles. The molecule has 0 fully saturated rings. The maximum absolute atomic E-state index is 12.0. The van der Waals surface area contributed by atoms with Crippen LogP contribution < -0.4 is 10.1 Å².